The number of unbranched alkanes of at least 4 members (excludes halogenated alkanes) is 1. The van der Waals surface area contributed by atoms with E-state index in [1.54, 1.807) is 16.8 Å². The Morgan fingerprint density at radius 1 is 1.23 bits per heavy atom. The van der Waals surface area contributed by atoms with Crippen molar-refractivity contribution in [2.75, 3.05) is 44.6 Å². The summed E-state index contributed by atoms with van der Waals surface area (Å²) in [7, 11) is 0. The summed E-state index contributed by atoms with van der Waals surface area (Å²) in [6.45, 7) is 13.9. The van der Waals surface area contributed by atoms with E-state index in [-0.39, 0.29) is 11.5 Å². The van der Waals surface area contributed by atoms with Crippen LogP contribution < -0.4 is 10.9 Å². The third-order valence-electron chi connectivity index (χ3n) is 7.84. The third-order valence-corrected chi connectivity index (χ3v) is 8.17. The van der Waals surface area contributed by atoms with Gasteiger partial charge in [0.05, 0.1) is 0 Å². The van der Waals surface area contributed by atoms with Crippen molar-refractivity contribution in [3.05, 3.63) is 64.6 Å². The normalized spacial score (nSPS) is 15.5. The standard InChI is InChI=1S/C31H41ClN6O2/c1-4-28(39)37-18-11-12-23(22-37)15-19-38-29-24(20-26(30(38)40)25-13-7-8-14-27(25)32)21-34-31(35-29)33-16-9-10-17-36(5-2)6-3/h4,7-8,13-14,20-21,23H,1,5-6,9-12,15-19,22H2,2-3H3,(H,33,34,35). The van der Waals surface area contributed by atoms with Crippen molar-refractivity contribution in [2.24, 2.45) is 5.92 Å². The molecule has 0 aliphatic carbocycles. The lowest BCUT2D eigenvalue weighted by atomic mass is 9.94. The van der Waals surface area contributed by atoms with Gasteiger partial charge in [0, 0.05) is 53.9 Å². The van der Waals surface area contributed by atoms with Crippen LogP contribution in [0.1, 0.15) is 46.0 Å². The second-order valence-electron chi connectivity index (χ2n) is 10.4. The van der Waals surface area contributed by atoms with Crippen LogP contribution in [0.25, 0.3) is 22.2 Å². The van der Waals surface area contributed by atoms with Crippen LogP contribution in [0.4, 0.5) is 5.95 Å². The second-order valence-corrected chi connectivity index (χ2v) is 10.8. The van der Waals surface area contributed by atoms with Gasteiger partial charge in [0.1, 0.15) is 5.65 Å². The summed E-state index contributed by atoms with van der Waals surface area (Å²) in [5.41, 5.74) is 1.71. The van der Waals surface area contributed by atoms with E-state index >= 15 is 0 Å². The first-order valence-corrected chi connectivity index (χ1v) is 14.9. The third kappa shape index (κ3) is 7.29. The fraction of sp³-hybridized carbons (Fsp3) is 0.484. The number of halogens is 1. The molecule has 1 fully saturated rings. The molecule has 1 aromatic carbocycles. The molecule has 1 aliphatic heterocycles. The van der Waals surface area contributed by atoms with E-state index in [4.69, 9.17) is 16.6 Å². The van der Waals surface area contributed by atoms with Gasteiger partial charge in [-0.05, 0) is 75.9 Å². The molecule has 40 heavy (non-hydrogen) atoms. The van der Waals surface area contributed by atoms with Gasteiger partial charge in [-0.1, -0.05) is 50.2 Å². The number of aryl methyl sites for hydroxylation is 1. The molecule has 1 amide bonds. The van der Waals surface area contributed by atoms with Crippen LogP contribution in [-0.4, -0.2) is 69.5 Å². The average Bonchev–Trinajstić information content (AvgIpc) is 2.98. The molecule has 3 heterocycles. The highest BCUT2D eigenvalue weighted by molar-refractivity contribution is 6.33. The minimum Gasteiger partial charge on any atom is -0.354 e. The Morgan fingerprint density at radius 3 is 2.77 bits per heavy atom. The SMILES string of the molecule is C=CC(=O)N1CCCC(CCn2c(=O)c(-c3ccccc3Cl)cc3cnc(NCCCCN(CC)CC)nc32)C1. The maximum atomic E-state index is 13.9. The maximum Gasteiger partial charge on any atom is 0.260 e. The summed E-state index contributed by atoms with van der Waals surface area (Å²) in [5, 5.41) is 4.66. The molecule has 0 spiro atoms. The number of carbonyl (C=O) groups excluding carboxylic acids is 1. The predicted molar refractivity (Wildman–Crippen MR) is 164 cm³/mol. The van der Waals surface area contributed by atoms with Gasteiger partial charge in [0.15, 0.2) is 0 Å². The van der Waals surface area contributed by atoms with Crippen molar-refractivity contribution in [3.8, 4) is 11.1 Å². The molecule has 4 rings (SSSR count). The lowest BCUT2D eigenvalue weighted by molar-refractivity contribution is -0.127. The van der Waals surface area contributed by atoms with Crippen LogP contribution in [0.5, 0.6) is 0 Å². The summed E-state index contributed by atoms with van der Waals surface area (Å²) in [6, 6.07) is 9.24. The monoisotopic (exact) mass is 564 g/mol. The number of hydrogen-bond acceptors (Lipinski definition) is 6. The van der Waals surface area contributed by atoms with Crippen molar-refractivity contribution in [2.45, 2.75) is 52.5 Å². The number of pyridine rings is 1. The van der Waals surface area contributed by atoms with Gasteiger partial charge < -0.3 is 15.1 Å². The molecule has 1 N–H and O–H groups in total. The smallest absolute Gasteiger partial charge is 0.260 e. The van der Waals surface area contributed by atoms with Gasteiger partial charge in [0.25, 0.3) is 5.56 Å². The Hall–Kier alpha value is -3.23. The first-order chi connectivity index (χ1) is 19.4. The minimum absolute atomic E-state index is 0.0337. The highest BCUT2D eigenvalue weighted by Crippen LogP contribution is 2.28. The topological polar surface area (TPSA) is 83.4 Å². The van der Waals surface area contributed by atoms with Gasteiger partial charge in [-0.25, -0.2) is 4.98 Å². The number of carbonyl (C=O) groups is 1. The Morgan fingerprint density at radius 2 is 2.02 bits per heavy atom. The molecule has 9 heteroatoms. The van der Waals surface area contributed by atoms with E-state index in [1.165, 1.54) is 6.08 Å². The Kier molecular flexibility index (Phi) is 10.7. The highest BCUT2D eigenvalue weighted by Gasteiger charge is 2.23. The van der Waals surface area contributed by atoms with Crippen LogP contribution in [0, 0.1) is 5.92 Å². The van der Waals surface area contributed by atoms with Crippen molar-refractivity contribution in [1.29, 1.82) is 0 Å². The number of fused-ring (bicyclic) bond motifs is 1. The van der Waals surface area contributed by atoms with Gasteiger partial charge in [-0.3, -0.25) is 14.2 Å². The molecule has 3 aromatic rings. The molecule has 1 unspecified atom stereocenters. The number of amides is 1. The number of aromatic nitrogens is 3. The van der Waals surface area contributed by atoms with E-state index in [0.29, 0.717) is 46.8 Å². The fourth-order valence-electron chi connectivity index (χ4n) is 5.47. The molecule has 0 saturated carbocycles. The number of rotatable bonds is 13. The van der Waals surface area contributed by atoms with Crippen LogP contribution >= 0.6 is 11.6 Å². The zero-order valence-corrected chi connectivity index (χ0v) is 24.5. The summed E-state index contributed by atoms with van der Waals surface area (Å²) in [5.74, 6) is 0.789. The van der Waals surface area contributed by atoms with Gasteiger partial charge in [0.2, 0.25) is 11.9 Å². The van der Waals surface area contributed by atoms with E-state index in [1.807, 2.05) is 29.2 Å². The number of benzene rings is 1. The van der Waals surface area contributed by atoms with E-state index < -0.39 is 0 Å². The molecule has 1 saturated heterocycles. The summed E-state index contributed by atoms with van der Waals surface area (Å²) < 4.78 is 1.76. The van der Waals surface area contributed by atoms with E-state index in [9.17, 15) is 9.59 Å². The van der Waals surface area contributed by atoms with Gasteiger partial charge >= 0.3 is 0 Å². The van der Waals surface area contributed by atoms with E-state index in [0.717, 1.165) is 70.2 Å². The summed E-state index contributed by atoms with van der Waals surface area (Å²) in [6.07, 6.45) is 8.00. The van der Waals surface area contributed by atoms with Gasteiger partial charge in [-0.2, -0.15) is 4.98 Å². The number of likely N-dealkylation sites (tertiary alicyclic amines) is 1. The van der Waals surface area contributed by atoms with Crippen molar-refractivity contribution >= 4 is 34.5 Å². The summed E-state index contributed by atoms with van der Waals surface area (Å²) in [4.78, 5) is 39.7. The average molecular weight is 565 g/mol. The fourth-order valence-corrected chi connectivity index (χ4v) is 5.70. The van der Waals surface area contributed by atoms with Crippen LogP contribution in [0.3, 0.4) is 0 Å². The second kappa shape index (κ2) is 14.4. The molecule has 8 nitrogen and oxygen atoms in total. The van der Waals surface area contributed by atoms with Crippen molar-refractivity contribution in [3.63, 3.8) is 0 Å². The number of anilines is 1. The predicted octanol–water partition coefficient (Wildman–Crippen LogP) is 5.46. The largest absolute Gasteiger partial charge is 0.354 e. The molecule has 1 aliphatic rings. The quantitative estimate of drug-likeness (QED) is 0.219. The molecule has 0 radical (unpaired) electrons. The number of hydrogen-bond donors (Lipinski definition) is 1. The Bertz CT molecular complexity index is 1370. The first kappa shape index (κ1) is 29.7. The Labute approximate surface area is 242 Å². The maximum absolute atomic E-state index is 13.9. The molecule has 0 bridgehead atoms. The van der Waals surface area contributed by atoms with Gasteiger partial charge in [-0.15, -0.1) is 0 Å². The Balaban J connectivity index is 1.58. The summed E-state index contributed by atoms with van der Waals surface area (Å²) >= 11 is 6.50. The first-order valence-electron chi connectivity index (χ1n) is 14.5. The van der Waals surface area contributed by atoms with Crippen molar-refractivity contribution < 1.29 is 4.79 Å². The highest BCUT2D eigenvalue weighted by atomic mass is 35.5. The van der Waals surface area contributed by atoms with Crippen LogP contribution in [0.2, 0.25) is 5.02 Å². The molecule has 2 aromatic heterocycles. The molecule has 1 atom stereocenters. The molecule has 214 valence electrons. The number of nitrogens with zero attached hydrogens (tertiary/aromatic N) is 5. The molecular formula is C31H41ClN6O2. The lowest BCUT2D eigenvalue weighted by Gasteiger charge is -2.32. The number of nitrogens with one attached hydrogen (secondary N) is 1. The van der Waals surface area contributed by atoms with Crippen molar-refractivity contribution in [1.82, 2.24) is 24.3 Å². The zero-order valence-electron chi connectivity index (χ0n) is 23.7. The lowest BCUT2D eigenvalue weighted by Crippen LogP contribution is -2.39. The van der Waals surface area contributed by atoms with Crippen LogP contribution in [-0.2, 0) is 11.3 Å². The molecular weight excluding hydrogens is 524 g/mol. The van der Waals surface area contributed by atoms with E-state index in [2.05, 4.69) is 35.6 Å². The van der Waals surface area contributed by atoms with Crippen LogP contribution in [0.15, 0.2) is 54.0 Å². The number of piperidine rings is 1. The zero-order chi connectivity index (χ0) is 28.5. The minimum atomic E-state index is -0.126.